The van der Waals surface area contributed by atoms with Crippen molar-refractivity contribution in [1.29, 1.82) is 0 Å². The van der Waals surface area contributed by atoms with Gasteiger partial charge >= 0.3 is 11.4 Å². The number of carbonyl (C=O) groups excluding carboxylic acids is 1. The van der Waals surface area contributed by atoms with Crippen LogP contribution in [0.5, 0.6) is 0 Å². The van der Waals surface area contributed by atoms with E-state index in [1.165, 1.54) is 21.5 Å². The Morgan fingerprint density at radius 2 is 1.72 bits per heavy atom. The molecule has 11 rings (SSSR count). The number of aryl methyl sites for hydroxylation is 3. The topological polar surface area (TPSA) is 155 Å². The molecule has 2 aromatic carbocycles. The van der Waals surface area contributed by atoms with Crippen LogP contribution in [0.3, 0.4) is 0 Å². The lowest BCUT2D eigenvalue weighted by atomic mass is 9.84. The summed E-state index contributed by atoms with van der Waals surface area (Å²) in [5.41, 5.74) is 4.98. The summed E-state index contributed by atoms with van der Waals surface area (Å²) in [6.45, 7) is 10.7. The normalized spacial score (nSPS) is 19.2. The number of H-pyrrole nitrogens is 1. The number of hydrogen-bond donors (Lipinski definition) is 1. The zero-order valence-corrected chi connectivity index (χ0v) is 36.3. The maximum atomic E-state index is 16.1. The number of halogens is 2. The molecule has 2 fully saturated rings. The van der Waals surface area contributed by atoms with E-state index in [1.54, 1.807) is 65.6 Å². The summed E-state index contributed by atoms with van der Waals surface area (Å²) in [5.74, 6) is -1.22. The number of fused-ring (bicyclic) bond motifs is 3. The van der Waals surface area contributed by atoms with E-state index in [-0.39, 0.29) is 47.4 Å². The number of aromatic amines is 1. The molecule has 0 unspecified atom stereocenters. The van der Waals surface area contributed by atoms with Gasteiger partial charge in [-0.1, -0.05) is 5.16 Å². The van der Waals surface area contributed by atoms with Gasteiger partial charge in [-0.25, -0.2) is 18.4 Å². The van der Waals surface area contributed by atoms with Crippen LogP contribution in [0, 0.1) is 25.5 Å². The molecule has 15 nitrogen and oxygen atoms in total. The average Bonchev–Trinajstić information content (AvgIpc) is 3.72. The number of nitrogens with zero attached hydrogens (tertiary/aromatic N) is 9. The Labute approximate surface area is 364 Å². The SMILES string of the molecule is Cc1cc(-c2nn3c(c2-n2ccn(-c4ccc5c(cnn5C)c4F)c2=O)[C@@H](C)N(C(=O)c2cc4cc([C@@H]5CCOC(C)(C)C5)ccn4c2C2(c4noc(=O)[nH]4)CC2)CC3)cc(C)c1F. The Hall–Kier alpha value is -6.88. The van der Waals surface area contributed by atoms with Crippen LogP contribution in [-0.2, 0) is 23.7 Å². The van der Waals surface area contributed by atoms with E-state index in [0.29, 0.717) is 75.8 Å². The van der Waals surface area contributed by atoms with Crippen molar-refractivity contribution in [2.24, 2.45) is 7.05 Å². The predicted molar refractivity (Wildman–Crippen MR) is 232 cm³/mol. The van der Waals surface area contributed by atoms with E-state index < -0.39 is 28.7 Å². The fourth-order valence-electron chi connectivity index (χ4n) is 10.4. The van der Waals surface area contributed by atoms with Crippen molar-refractivity contribution in [3.8, 4) is 22.6 Å². The molecule has 0 bridgehead atoms. The first-order chi connectivity index (χ1) is 30.6. The second-order valence-electron chi connectivity index (χ2n) is 18.3. The molecule has 2 aliphatic heterocycles. The fraction of sp³-hybridized carbons (Fsp3) is 0.362. The van der Waals surface area contributed by atoms with Crippen molar-refractivity contribution in [1.82, 2.24) is 48.1 Å². The first-order valence-electron chi connectivity index (χ1n) is 21.6. The summed E-state index contributed by atoms with van der Waals surface area (Å²) in [6.07, 6.45) is 9.52. The number of ether oxygens (including phenoxy) is 1. The minimum atomic E-state index is -0.770. The van der Waals surface area contributed by atoms with Crippen molar-refractivity contribution in [3.05, 3.63) is 139 Å². The van der Waals surface area contributed by atoms with Crippen molar-refractivity contribution in [3.63, 3.8) is 0 Å². The molecule has 1 saturated heterocycles. The minimum Gasteiger partial charge on any atom is -0.376 e. The third kappa shape index (κ3) is 5.99. The van der Waals surface area contributed by atoms with Crippen LogP contribution in [0.2, 0.25) is 0 Å². The molecule has 328 valence electrons. The summed E-state index contributed by atoms with van der Waals surface area (Å²) in [7, 11) is 1.72. The van der Waals surface area contributed by atoms with Crippen molar-refractivity contribution in [2.45, 2.75) is 89.8 Å². The number of amides is 1. The molecule has 8 heterocycles. The first kappa shape index (κ1) is 39.9. The molecule has 1 amide bonds. The third-order valence-electron chi connectivity index (χ3n) is 13.8. The number of nitrogens with one attached hydrogen (secondary N) is 1. The number of carbonyl (C=O) groups is 1. The van der Waals surface area contributed by atoms with Gasteiger partial charge in [0.25, 0.3) is 5.91 Å². The second kappa shape index (κ2) is 14.1. The number of hydrogen-bond acceptors (Lipinski definition) is 8. The standard InChI is InChI=1S/C47H46F2N10O5/c1-25-19-30(20-26(2)36(25)48)38-40(58-15-14-57(45(58)62)35-8-7-34-33(37(35)49)24-50-54(34)6)39-27(3)55(16-17-59(39)52-38)42(60)32-22-31-21-28(29-10-18-63-46(4,5)23-29)9-13-56(31)41(32)47(11-12-47)43-51-44(61)64-53-43/h7-9,13-15,19-22,24,27,29H,10-12,16-18,23H2,1-6H3,(H,51,53,61)/t27-,29-/m1/s1. The molecule has 3 aliphatic rings. The monoisotopic (exact) mass is 868 g/mol. The van der Waals surface area contributed by atoms with Crippen LogP contribution >= 0.6 is 0 Å². The molecule has 1 aliphatic carbocycles. The van der Waals surface area contributed by atoms with E-state index >= 15 is 13.6 Å². The predicted octanol–water partition coefficient (Wildman–Crippen LogP) is 7.17. The Morgan fingerprint density at radius 3 is 2.44 bits per heavy atom. The van der Waals surface area contributed by atoms with Gasteiger partial charge in [-0.2, -0.15) is 10.2 Å². The largest absolute Gasteiger partial charge is 0.438 e. The van der Waals surface area contributed by atoms with Gasteiger partial charge in [0.2, 0.25) is 0 Å². The smallest absolute Gasteiger partial charge is 0.376 e. The van der Waals surface area contributed by atoms with Gasteiger partial charge in [0.15, 0.2) is 11.6 Å². The zero-order valence-electron chi connectivity index (χ0n) is 36.3. The van der Waals surface area contributed by atoms with Gasteiger partial charge in [0.1, 0.15) is 17.2 Å². The Morgan fingerprint density at radius 1 is 0.953 bits per heavy atom. The summed E-state index contributed by atoms with van der Waals surface area (Å²) < 4.78 is 50.3. The van der Waals surface area contributed by atoms with Crippen LogP contribution < -0.4 is 11.4 Å². The third-order valence-corrected chi connectivity index (χ3v) is 13.8. The lowest BCUT2D eigenvalue weighted by Gasteiger charge is -2.35. The molecular formula is C47H46F2N10O5. The lowest BCUT2D eigenvalue weighted by Crippen LogP contribution is -2.42. The number of pyridine rings is 1. The van der Waals surface area contributed by atoms with Gasteiger partial charge in [0.05, 0.1) is 57.6 Å². The zero-order chi connectivity index (χ0) is 44.6. The summed E-state index contributed by atoms with van der Waals surface area (Å²) in [6, 6.07) is 12.2. The summed E-state index contributed by atoms with van der Waals surface area (Å²) >= 11 is 0. The number of benzene rings is 2. The number of rotatable bonds is 7. The maximum Gasteiger partial charge on any atom is 0.438 e. The molecule has 64 heavy (non-hydrogen) atoms. The molecule has 2 atom stereocenters. The molecule has 17 heteroatoms. The average molecular weight is 869 g/mol. The molecule has 1 N–H and O–H groups in total. The quantitative estimate of drug-likeness (QED) is 0.177. The summed E-state index contributed by atoms with van der Waals surface area (Å²) in [5, 5.41) is 13.6. The Kier molecular flexibility index (Phi) is 8.77. The molecule has 1 saturated carbocycles. The van der Waals surface area contributed by atoms with Crippen molar-refractivity contribution >= 4 is 22.3 Å². The van der Waals surface area contributed by atoms with Gasteiger partial charge in [0, 0.05) is 55.6 Å². The maximum absolute atomic E-state index is 16.1. The molecule has 6 aromatic heterocycles. The Balaban J connectivity index is 1.05. The van der Waals surface area contributed by atoms with Crippen LogP contribution in [0.1, 0.15) is 103 Å². The molecular weight excluding hydrogens is 823 g/mol. The molecule has 8 aromatic rings. The fourth-order valence-corrected chi connectivity index (χ4v) is 10.4. The van der Waals surface area contributed by atoms with Crippen molar-refractivity contribution < 1.29 is 22.8 Å². The highest BCUT2D eigenvalue weighted by Gasteiger charge is 2.54. The van der Waals surface area contributed by atoms with E-state index in [9.17, 15) is 9.59 Å². The highest BCUT2D eigenvalue weighted by molar-refractivity contribution is 5.98. The molecule has 0 radical (unpaired) electrons. The number of aromatic nitrogens is 9. The van der Waals surface area contributed by atoms with E-state index in [1.807, 2.05) is 23.6 Å². The van der Waals surface area contributed by atoms with Gasteiger partial charge in [-0.3, -0.25) is 32.8 Å². The molecule has 0 spiro atoms. The second-order valence-corrected chi connectivity index (χ2v) is 18.3. The van der Waals surface area contributed by atoms with E-state index in [2.05, 4.69) is 41.2 Å². The van der Waals surface area contributed by atoms with Crippen LogP contribution in [0.15, 0.2) is 81.4 Å². The minimum absolute atomic E-state index is 0.0459. The number of imidazole rings is 1. The van der Waals surface area contributed by atoms with E-state index in [0.717, 1.165) is 23.9 Å². The lowest BCUT2D eigenvalue weighted by molar-refractivity contribution is -0.0593. The summed E-state index contributed by atoms with van der Waals surface area (Å²) in [4.78, 5) is 47.0. The first-order valence-corrected chi connectivity index (χ1v) is 21.6. The van der Waals surface area contributed by atoms with Crippen LogP contribution in [-0.4, -0.2) is 72.8 Å². The van der Waals surface area contributed by atoms with Gasteiger partial charge in [-0.05, 0) is 125 Å². The van der Waals surface area contributed by atoms with Gasteiger partial charge < -0.3 is 14.0 Å². The highest BCUT2D eigenvalue weighted by atomic mass is 19.1. The Bertz CT molecular complexity index is 3330. The van der Waals surface area contributed by atoms with Crippen LogP contribution in [0.4, 0.5) is 8.78 Å². The highest BCUT2D eigenvalue weighted by Crippen LogP contribution is 2.54. The van der Waals surface area contributed by atoms with Gasteiger partial charge in [-0.15, -0.1) is 0 Å². The van der Waals surface area contributed by atoms with Crippen LogP contribution in [0.25, 0.3) is 39.1 Å². The van der Waals surface area contributed by atoms with E-state index in [4.69, 9.17) is 14.4 Å². The van der Waals surface area contributed by atoms with Crippen molar-refractivity contribution in [2.75, 3.05) is 13.2 Å².